The van der Waals surface area contributed by atoms with Gasteiger partial charge < -0.3 is 38.3 Å². The molecular formula is C28H44O9. The normalized spacial score (nSPS) is 14.2. The number of hydrogen-bond donors (Lipinski definition) is 1. The van der Waals surface area contributed by atoms with Crippen LogP contribution in [0.2, 0.25) is 0 Å². The van der Waals surface area contributed by atoms with Crippen LogP contribution in [-0.4, -0.2) is 77.5 Å². The second-order valence-corrected chi connectivity index (χ2v) is 8.18. The molecule has 1 aromatic carbocycles. The van der Waals surface area contributed by atoms with Gasteiger partial charge in [0.15, 0.2) is 0 Å². The molecule has 1 N–H and O–H groups in total. The molecule has 0 spiro atoms. The van der Waals surface area contributed by atoms with Crippen LogP contribution >= 0.6 is 0 Å². The number of benzene rings is 1. The van der Waals surface area contributed by atoms with Crippen molar-refractivity contribution in [2.75, 3.05) is 48.1 Å². The Morgan fingerprint density at radius 3 is 2.32 bits per heavy atom. The number of hydrogen-bond acceptors (Lipinski definition) is 9. The molecule has 1 rings (SSSR count). The zero-order valence-corrected chi connectivity index (χ0v) is 22.6. The number of methoxy groups -OCH3 is 3. The Bertz CT molecular complexity index is 749. The molecule has 0 aliphatic carbocycles. The molecule has 0 radical (unpaired) electrons. The average Bonchev–Trinajstić information content (AvgIpc) is 2.91. The monoisotopic (exact) mass is 524 g/mol. The minimum atomic E-state index is -0.415. The topological polar surface area (TPSA) is 102 Å². The van der Waals surface area contributed by atoms with E-state index in [0.717, 1.165) is 24.2 Å². The van der Waals surface area contributed by atoms with E-state index in [0.29, 0.717) is 32.5 Å². The fourth-order valence-corrected chi connectivity index (χ4v) is 3.42. The fraction of sp³-hybridized carbons (Fsp3) is 0.607. The Morgan fingerprint density at radius 2 is 1.68 bits per heavy atom. The van der Waals surface area contributed by atoms with Crippen LogP contribution in [0, 0.1) is 0 Å². The van der Waals surface area contributed by atoms with Gasteiger partial charge in [0.25, 0.3) is 0 Å². The maximum atomic E-state index is 11.4. The van der Waals surface area contributed by atoms with Gasteiger partial charge in [-0.2, -0.15) is 0 Å². The summed E-state index contributed by atoms with van der Waals surface area (Å²) in [4.78, 5) is 11.4. The van der Waals surface area contributed by atoms with E-state index in [-0.39, 0.29) is 38.4 Å². The first-order valence-electron chi connectivity index (χ1n) is 12.7. The number of aliphatic hydroxyl groups excluding tert-OH is 1. The number of esters is 1. The molecule has 3 atom stereocenters. The number of aliphatic hydroxyl groups is 1. The highest BCUT2D eigenvalue weighted by molar-refractivity contribution is 5.81. The van der Waals surface area contributed by atoms with Crippen LogP contribution in [0.25, 0.3) is 0 Å². The SMILES string of the molecule is CCOC(=O)/C=C/CCC[C@@H](/C=C/[C@H](OCOC)[C@H](CCCO)OCc1ccc(OC)cc1)OCOC. The number of carbonyl (C=O) groups is 1. The highest BCUT2D eigenvalue weighted by atomic mass is 16.7. The highest BCUT2D eigenvalue weighted by Gasteiger charge is 2.21. The lowest BCUT2D eigenvalue weighted by atomic mass is 10.1. The van der Waals surface area contributed by atoms with E-state index in [1.165, 1.54) is 6.08 Å². The zero-order valence-electron chi connectivity index (χ0n) is 22.6. The summed E-state index contributed by atoms with van der Waals surface area (Å²) in [7, 11) is 4.77. The van der Waals surface area contributed by atoms with Gasteiger partial charge in [0.05, 0.1) is 32.5 Å². The first-order valence-corrected chi connectivity index (χ1v) is 12.7. The molecule has 9 heteroatoms. The zero-order chi connectivity index (χ0) is 27.1. The summed E-state index contributed by atoms with van der Waals surface area (Å²) in [6.07, 6.45) is 9.59. The molecule has 0 bridgehead atoms. The van der Waals surface area contributed by atoms with Gasteiger partial charge in [-0.25, -0.2) is 4.79 Å². The third-order valence-electron chi connectivity index (χ3n) is 5.33. The molecular weight excluding hydrogens is 480 g/mol. The van der Waals surface area contributed by atoms with Crippen molar-refractivity contribution in [2.24, 2.45) is 0 Å². The summed E-state index contributed by atoms with van der Waals surface area (Å²) in [6, 6.07) is 7.68. The fourth-order valence-electron chi connectivity index (χ4n) is 3.42. The van der Waals surface area contributed by atoms with Crippen molar-refractivity contribution in [1.82, 2.24) is 0 Å². The van der Waals surface area contributed by atoms with Crippen LogP contribution in [0.1, 0.15) is 44.6 Å². The molecule has 9 nitrogen and oxygen atoms in total. The lowest BCUT2D eigenvalue weighted by molar-refractivity contribution is -0.137. The van der Waals surface area contributed by atoms with E-state index in [2.05, 4.69) is 0 Å². The van der Waals surface area contributed by atoms with Gasteiger partial charge in [0, 0.05) is 26.9 Å². The number of allylic oxidation sites excluding steroid dienone is 1. The van der Waals surface area contributed by atoms with Crippen molar-refractivity contribution in [2.45, 2.75) is 63.9 Å². The van der Waals surface area contributed by atoms with E-state index in [1.54, 1.807) is 34.3 Å². The van der Waals surface area contributed by atoms with Gasteiger partial charge in [0.2, 0.25) is 0 Å². The molecule has 0 amide bonds. The first-order chi connectivity index (χ1) is 18.1. The predicted octanol–water partition coefficient (Wildman–Crippen LogP) is 4.18. The molecule has 210 valence electrons. The molecule has 1 aromatic rings. The molecule has 0 fully saturated rings. The van der Waals surface area contributed by atoms with Crippen molar-refractivity contribution >= 4 is 5.97 Å². The maximum absolute atomic E-state index is 11.4. The lowest BCUT2D eigenvalue weighted by Crippen LogP contribution is -2.31. The van der Waals surface area contributed by atoms with E-state index in [9.17, 15) is 9.90 Å². The summed E-state index contributed by atoms with van der Waals surface area (Å²) in [5.74, 6) is 0.444. The molecule has 0 saturated carbocycles. The second-order valence-electron chi connectivity index (χ2n) is 8.18. The van der Waals surface area contributed by atoms with E-state index < -0.39 is 6.10 Å². The lowest BCUT2D eigenvalue weighted by Gasteiger charge is -2.26. The van der Waals surface area contributed by atoms with Crippen LogP contribution in [-0.2, 0) is 39.8 Å². The summed E-state index contributed by atoms with van der Waals surface area (Å²) in [5, 5.41) is 9.41. The van der Waals surface area contributed by atoms with Gasteiger partial charge in [-0.05, 0) is 56.7 Å². The Labute approximate surface area is 221 Å². The Morgan fingerprint density at radius 1 is 0.946 bits per heavy atom. The number of ether oxygens (including phenoxy) is 7. The van der Waals surface area contributed by atoms with Gasteiger partial charge in [-0.3, -0.25) is 0 Å². The Hall–Kier alpha value is -2.27. The van der Waals surface area contributed by atoms with Gasteiger partial charge in [0.1, 0.15) is 25.4 Å². The summed E-state index contributed by atoms with van der Waals surface area (Å²) in [5.41, 5.74) is 1.00. The van der Waals surface area contributed by atoms with Gasteiger partial charge in [-0.1, -0.05) is 30.4 Å². The van der Waals surface area contributed by atoms with E-state index >= 15 is 0 Å². The van der Waals surface area contributed by atoms with Crippen LogP contribution in [0.15, 0.2) is 48.6 Å². The van der Waals surface area contributed by atoms with E-state index in [4.69, 9.17) is 33.2 Å². The van der Waals surface area contributed by atoms with Crippen molar-refractivity contribution < 1.29 is 43.1 Å². The molecule has 0 aliphatic heterocycles. The molecule has 0 unspecified atom stereocenters. The first kappa shape index (κ1) is 32.8. The van der Waals surface area contributed by atoms with Crippen molar-refractivity contribution in [3.63, 3.8) is 0 Å². The quantitative estimate of drug-likeness (QED) is 0.0787. The van der Waals surface area contributed by atoms with Crippen molar-refractivity contribution in [1.29, 1.82) is 0 Å². The molecule has 0 saturated heterocycles. The maximum Gasteiger partial charge on any atom is 0.330 e. The number of rotatable bonds is 22. The highest BCUT2D eigenvalue weighted by Crippen LogP contribution is 2.18. The number of unbranched alkanes of at least 4 members (excludes halogenated alkanes) is 1. The molecule has 0 aliphatic rings. The second kappa shape index (κ2) is 21.8. The predicted molar refractivity (Wildman–Crippen MR) is 140 cm³/mol. The summed E-state index contributed by atoms with van der Waals surface area (Å²) >= 11 is 0. The average molecular weight is 525 g/mol. The molecule has 37 heavy (non-hydrogen) atoms. The minimum Gasteiger partial charge on any atom is -0.497 e. The Balaban J connectivity index is 2.85. The van der Waals surface area contributed by atoms with Gasteiger partial charge >= 0.3 is 5.97 Å². The largest absolute Gasteiger partial charge is 0.497 e. The third-order valence-corrected chi connectivity index (χ3v) is 5.33. The van der Waals surface area contributed by atoms with Crippen LogP contribution in [0.5, 0.6) is 5.75 Å². The van der Waals surface area contributed by atoms with Gasteiger partial charge in [-0.15, -0.1) is 0 Å². The van der Waals surface area contributed by atoms with Crippen LogP contribution in [0.4, 0.5) is 0 Å². The van der Waals surface area contributed by atoms with Crippen molar-refractivity contribution in [3.8, 4) is 5.75 Å². The van der Waals surface area contributed by atoms with E-state index in [1.807, 2.05) is 36.4 Å². The summed E-state index contributed by atoms with van der Waals surface area (Å²) in [6.45, 7) is 2.82. The van der Waals surface area contributed by atoms with Crippen molar-refractivity contribution in [3.05, 3.63) is 54.1 Å². The van der Waals surface area contributed by atoms with Crippen LogP contribution < -0.4 is 4.74 Å². The third kappa shape index (κ3) is 15.6. The molecule has 0 heterocycles. The standard InChI is InChI=1S/C28H44O9/c1-5-34-28(30)12-8-6-7-10-25(36-21-31-2)17-18-27(37-22-32-3)26(11-9-19-29)35-20-23-13-15-24(33-4)16-14-23/h8,12-18,25-27,29H,5-7,9-11,19-22H2,1-4H3/b12-8+,18-17+/t25-,26-,27-/m0/s1. The molecule has 0 aromatic heterocycles. The smallest absolute Gasteiger partial charge is 0.330 e. The van der Waals surface area contributed by atoms with Crippen LogP contribution in [0.3, 0.4) is 0 Å². The Kier molecular flexibility index (Phi) is 19.3. The minimum absolute atomic E-state index is 0.0575. The number of carbonyl (C=O) groups excluding carboxylic acids is 1. The summed E-state index contributed by atoms with van der Waals surface area (Å²) < 4.78 is 38.3.